The fraction of sp³-hybridized carbons (Fsp3) is 0.297. The summed E-state index contributed by atoms with van der Waals surface area (Å²) >= 11 is 0. The van der Waals surface area contributed by atoms with Crippen LogP contribution in [0.5, 0.6) is 11.5 Å². The zero-order chi connectivity index (χ0) is 32.6. The van der Waals surface area contributed by atoms with E-state index in [1.54, 1.807) is 24.3 Å². The van der Waals surface area contributed by atoms with Crippen molar-refractivity contribution in [2.75, 3.05) is 18.5 Å². The summed E-state index contributed by atoms with van der Waals surface area (Å²) in [5.74, 6) is 0.542. The van der Waals surface area contributed by atoms with Crippen molar-refractivity contribution < 1.29 is 28.6 Å². The molecule has 0 atom stereocenters. The fourth-order valence-corrected chi connectivity index (χ4v) is 4.68. The number of aryl methyl sites for hydroxylation is 1. The van der Waals surface area contributed by atoms with Gasteiger partial charge >= 0.3 is 5.97 Å². The Bertz CT molecular complexity index is 1720. The number of aromatic nitrogens is 1. The van der Waals surface area contributed by atoms with E-state index in [9.17, 15) is 14.4 Å². The average Bonchev–Trinajstić information content (AvgIpc) is 2.99. The SMILES string of the molecule is CCOc1ccc(C(=O)CCC(=O)Nc2cc(-c3ccc(C)cc3)c3cc(/C=C/C(=O)OC(C)(C)C)ccc3n2)cc1OCC. The van der Waals surface area contributed by atoms with E-state index in [1.807, 2.05) is 90.1 Å². The highest BCUT2D eigenvalue weighted by Crippen LogP contribution is 2.32. The molecule has 0 unspecified atom stereocenters. The van der Waals surface area contributed by atoms with Crippen LogP contribution in [0.25, 0.3) is 28.1 Å². The predicted molar refractivity (Wildman–Crippen MR) is 178 cm³/mol. The first-order valence-electron chi connectivity index (χ1n) is 15.1. The monoisotopic (exact) mass is 608 g/mol. The van der Waals surface area contributed by atoms with Gasteiger partial charge in [0.25, 0.3) is 0 Å². The highest BCUT2D eigenvalue weighted by Gasteiger charge is 2.16. The Labute approximate surface area is 264 Å². The number of fused-ring (bicyclic) bond motifs is 1. The predicted octanol–water partition coefficient (Wildman–Crippen LogP) is 7.96. The number of rotatable bonds is 12. The maximum atomic E-state index is 13.0. The van der Waals surface area contributed by atoms with E-state index < -0.39 is 11.6 Å². The number of amides is 1. The second-order valence-corrected chi connectivity index (χ2v) is 11.6. The van der Waals surface area contributed by atoms with Gasteiger partial charge in [-0.3, -0.25) is 9.59 Å². The van der Waals surface area contributed by atoms with E-state index in [1.165, 1.54) is 6.08 Å². The number of carbonyl (C=O) groups excluding carboxylic acids is 3. The third-order valence-electron chi connectivity index (χ3n) is 6.73. The van der Waals surface area contributed by atoms with Crippen LogP contribution in [0.4, 0.5) is 5.82 Å². The first-order chi connectivity index (χ1) is 21.5. The Morgan fingerprint density at radius 3 is 2.24 bits per heavy atom. The molecule has 3 aromatic carbocycles. The first-order valence-corrected chi connectivity index (χ1v) is 15.1. The van der Waals surface area contributed by atoms with E-state index in [2.05, 4.69) is 10.3 Å². The molecule has 0 saturated carbocycles. The fourth-order valence-electron chi connectivity index (χ4n) is 4.68. The van der Waals surface area contributed by atoms with Crippen LogP contribution in [-0.4, -0.2) is 41.5 Å². The van der Waals surface area contributed by atoms with Crippen molar-refractivity contribution in [1.29, 1.82) is 0 Å². The van der Waals surface area contributed by atoms with Gasteiger partial charge in [-0.15, -0.1) is 0 Å². The van der Waals surface area contributed by atoms with E-state index in [0.29, 0.717) is 41.6 Å². The molecule has 1 aromatic heterocycles. The molecule has 1 heterocycles. The summed E-state index contributed by atoms with van der Waals surface area (Å²) in [7, 11) is 0. The second kappa shape index (κ2) is 14.7. The van der Waals surface area contributed by atoms with Gasteiger partial charge in [0.05, 0.1) is 18.7 Å². The number of nitrogens with zero attached hydrogens (tertiary/aromatic N) is 1. The number of hydrogen-bond acceptors (Lipinski definition) is 7. The van der Waals surface area contributed by atoms with Crippen LogP contribution >= 0.6 is 0 Å². The highest BCUT2D eigenvalue weighted by molar-refractivity contribution is 6.02. The lowest BCUT2D eigenvalue weighted by Crippen LogP contribution is -2.22. The van der Waals surface area contributed by atoms with Crippen LogP contribution in [0, 0.1) is 6.92 Å². The topological polar surface area (TPSA) is 104 Å². The van der Waals surface area contributed by atoms with Crippen molar-refractivity contribution >= 4 is 40.5 Å². The van der Waals surface area contributed by atoms with Crippen molar-refractivity contribution in [3.05, 3.63) is 89.5 Å². The number of nitrogens with one attached hydrogen (secondary N) is 1. The molecule has 1 amide bonds. The molecule has 0 aliphatic rings. The number of pyridine rings is 1. The van der Waals surface area contributed by atoms with Crippen LogP contribution in [0.3, 0.4) is 0 Å². The number of ketones is 1. The minimum absolute atomic E-state index is 0.00993. The van der Waals surface area contributed by atoms with Gasteiger partial charge in [-0.2, -0.15) is 0 Å². The minimum atomic E-state index is -0.579. The molecule has 4 rings (SSSR count). The smallest absolute Gasteiger partial charge is 0.331 e. The van der Waals surface area contributed by atoms with Gasteiger partial charge < -0.3 is 19.5 Å². The lowest BCUT2D eigenvalue weighted by atomic mass is 9.98. The third-order valence-corrected chi connectivity index (χ3v) is 6.73. The molecule has 8 nitrogen and oxygen atoms in total. The number of Topliss-reactive ketones (excluding diaryl/α,β-unsaturated/α-hetero) is 1. The van der Waals surface area contributed by atoms with Crippen LogP contribution in [0.1, 0.15) is 68.9 Å². The highest BCUT2D eigenvalue weighted by atomic mass is 16.6. The number of benzene rings is 3. The average molecular weight is 609 g/mol. The molecule has 0 spiro atoms. The quantitative estimate of drug-likeness (QED) is 0.0988. The number of hydrogen-bond donors (Lipinski definition) is 1. The summed E-state index contributed by atoms with van der Waals surface area (Å²) in [6.45, 7) is 12.1. The van der Waals surface area contributed by atoms with Gasteiger partial charge in [0.15, 0.2) is 17.3 Å². The minimum Gasteiger partial charge on any atom is -0.490 e. The normalized spacial score (nSPS) is 11.4. The van der Waals surface area contributed by atoms with Gasteiger partial charge in [-0.25, -0.2) is 9.78 Å². The molecule has 0 aliphatic carbocycles. The Morgan fingerprint density at radius 1 is 0.844 bits per heavy atom. The molecule has 0 fully saturated rings. The number of carbonyl (C=O) groups is 3. The number of esters is 1. The van der Waals surface area contributed by atoms with Crippen molar-refractivity contribution in [3.63, 3.8) is 0 Å². The van der Waals surface area contributed by atoms with Gasteiger partial charge in [-0.05, 0) is 101 Å². The maximum Gasteiger partial charge on any atom is 0.331 e. The summed E-state index contributed by atoms with van der Waals surface area (Å²) in [6.07, 6.45) is 3.13. The Kier molecular flexibility index (Phi) is 10.7. The van der Waals surface area contributed by atoms with Crippen LogP contribution in [0.15, 0.2) is 72.8 Å². The lowest BCUT2D eigenvalue weighted by molar-refractivity contribution is -0.148. The first kappa shape index (κ1) is 32.9. The number of ether oxygens (including phenoxy) is 3. The van der Waals surface area contributed by atoms with Crippen molar-refractivity contribution in [2.24, 2.45) is 0 Å². The van der Waals surface area contributed by atoms with E-state index in [0.717, 1.165) is 27.6 Å². The van der Waals surface area contributed by atoms with Gasteiger partial charge in [0.1, 0.15) is 11.4 Å². The standard InChI is InChI=1S/C37H40N2O6/c1-7-43-32-18-15-27(22-33(32)44-8-2)31(40)17-19-35(41)39-34-23-28(26-13-9-24(3)10-14-26)29-21-25(11-16-30(29)38-34)12-20-36(42)45-37(4,5)6/h9-16,18,20-23H,7-8,17,19H2,1-6H3,(H,38,39,41)/b20-12+. The largest absolute Gasteiger partial charge is 0.490 e. The molecule has 45 heavy (non-hydrogen) atoms. The van der Waals surface area contributed by atoms with E-state index in [4.69, 9.17) is 14.2 Å². The Balaban J connectivity index is 1.54. The van der Waals surface area contributed by atoms with E-state index >= 15 is 0 Å². The summed E-state index contributed by atoms with van der Waals surface area (Å²) in [5, 5.41) is 3.73. The van der Waals surface area contributed by atoms with Crippen LogP contribution in [-0.2, 0) is 14.3 Å². The Hall–Kier alpha value is -4.98. The molecule has 234 valence electrons. The molecular weight excluding hydrogens is 568 g/mol. The van der Waals surface area contributed by atoms with Crippen LogP contribution in [0.2, 0.25) is 0 Å². The van der Waals surface area contributed by atoms with Crippen LogP contribution < -0.4 is 14.8 Å². The molecule has 1 N–H and O–H groups in total. The summed E-state index contributed by atoms with van der Waals surface area (Å²) < 4.78 is 16.6. The summed E-state index contributed by atoms with van der Waals surface area (Å²) in [5.41, 5.74) is 4.30. The van der Waals surface area contributed by atoms with Crippen molar-refractivity contribution in [3.8, 4) is 22.6 Å². The molecule has 0 radical (unpaired) electrons. The zero-order valence-corrected chi connectivity index (χ0v) is 26.7. The number of anilines is 1. The summed E-state index contributed by atoms with van der Waals surface area (Å²) in [4.78, 5) is 42.8. The van der Waals surface area contributed by atoms with Crippen molar-refractivity contribution in [1.82, 2.24) is 4.98 Å². The van der Waals surface area contributed by atoms with Crippen molar-refractivity contribution in [2.45, 2.75) is 60.0 Å². The summed E-state index contributed by atoms with van der Waals surface area (Å²) in [6, 6.07) is 20.6. The molecule has 8 heteroatoms. The van der Waals surface area contributed by atoms with Gasteiger partial charge in [0.2, 0.25) is 5.91 Å². The van der Waals surface area contributed by atoms with E-state index in [-0.39, 0.29) is 24.5 Å². The molecule has 0 saturated heterocycles. The van der Waals surface area contributed by atoms with Gasteiger partial charge in [-0.1, -0.05) is 35.9 Å². The lowest BCUT2D eigenvalue weighted by Gasteiger charge is -2.17. The molecule has 0 bridgehead atoms. The zero-order valence-electron chi connectivity index (χ0n) is 26.7. The third kappa shape index (κ3) is 9.25. The molecule has 0 aliphatic heterocycles. The second-order valence-electron chi connectivity index (χ2n) is 11.6. The molecular formula is C37H40N2O6. The van der Waals surface area contributed by atoms with Gasteiger partial charge in [0, 0.05) is 29.9 Å². The molecule has 4 aromatic rings. The maximum absolute atomic E-state index is 13.0. The Morgan fingerprint density at radius 2 is 1.56 bits per heavy atom.